The zero-order valence-corrected chi connectivity index (χ0v) is 14.5. The number of hydrogen-bond donors (Lipinski definition) is 1. The van der Waals surface area contributed by atoms with Crippen LogP contribution in [0, 0.1) is 0 Å². The summed E-state index contributed by atoms with van der Waals surface area (Å²) in [4.78, 5) is 12.3. The predicted octanol–water partition coefficient (Wildman–Crippen LogP) is 4.12. The van der Waals surface area contributed by atoms with E-state index in [9.17, 15) is 4.79 Å². The second-order valence-electron chi connectivity index (χ2n) is 5.33. The Morgan fingerprint density at radius 1 is 1.32 bits per heavy atom. The molecule has 0 fully saturated rings. The fraction of sp³-hybridized carbons (Fsp3) is 0.211. The van der Waals surface area contributed by atoms with Crippen molar-refractivity contribution in [1.82, 2.24) is 5.32 Å². The third-order valence-corrected chi connectivity index (χ3v) is 3.90. The number of fused-ring (bicyclic) bond motifs is 1. The highest BCUT2D eigenvalue weighted by Gasteiger charge is 2.28. The molecule has 2 aromatic rings. The Morgan fingerprint density at radius 3 is 2.88 bits per heavy atom. The van der Waals surface area contributed by atoms with Crippen LogP contribution < -0.4 is 19.5 Å². The van der Waals surface area contributed by atoms with Crippen LogP contribution in [0.3, 0.4) is 0 Å². The van der Waals surface area contributed by atoms with Crippen molar-refractivity contribution in [2.24, 2.45) is 0 Å². The lowest BCUT2D eigenvalue weighted by atomic mass is 10.1. The van der Waals surface area contributed by atoms with E-state index in [0.29, 0.717) is 46.6 Å². The highest BCUT2D eigenvalue weighted by atomic mass is 35.5. The quantitative estimate of drug-likeness (QED) is 0.788. The Bertz CT molecular complexity index is 806. The molecule has 1 atom stereocenters. The molecule has 1 aliphatic heterocycles. The summed E-state index contributed by atoms with van der Waals surface area (Å²) in [6.07, 6.45) is 0.967. The third kappa shape index (κ3) is 3.56. The number of carbonyl (C=O) groups is 1. The lowest BCUT2D eigenvalue weighted by molar-refractivity contribution is 0.0755. The number of carbonyl (C=O) groups excluding carboxylic acids is 1. The Labute approximate surface area is 151 Å². The minimum atomic E-state index is -0.660. The topological polar surface area (TPSA) is 56.8 Å². The molecule has 0 saturated heterocycles. The van der Waals surface area contributed by atoms with E-state index >= 15 is 0 Å². The molecule has 0 aliphatic carbocycles. The number of para-hydroxylation sites is 1. The first-order valence-electron chi connectivity index (χ1n) is 7.90. The van der Waals surface area contributed by atoms with E-state index in [1.54, 1.807) is 36.4 Å². The summed E-state index contributed by atoms with van der Waals surface area (Å²) in [5, 5.41) is 3.19. The van der Waals surface area contributed by atoms with Crippen LogP contribution in [0.15, 0.2) is 49.1 Å². The first-order chi connectivity index (χ1) is 12.1. The minimum absolute atomic E-state index is 0.201. The molecule has 0 radical (unpaired) electrons. The number of amides is 1. The molecule has 2 aromatic carbocycles. The normalized spacial score (nSPS) is 15.6. The molecule has 6 heteroatoms. The van der Waals surface area contributed by atoms with Crippen LogP contribution in [-0.4, -0.2) is 19.1 Å². The maximum absolute atomic E-state index is 12.3. The van der Waals surface area contributed by atoms with Crippen LogP contribution in [-0.2, 0) is 0 Å². The molecule has 1 N–H and O–H groups in total. The maximum Gasteiger partial charge on any atom is 0.258 e. The monoisotopic (exact) mass is 359 g/mol. The van der Waals surface area contributed by atoms with Crippen LogP contribution >= 0.6 is 11.6 Å². The van der Waals surface area contributed by atoms with Gasteiger partial charge in [-0.3, -0.25) is 4.79 Å². The van der Waals surface area contributed by atoms with Crippen molar-refractivity contribution in [2.45, 2.75) is 13.2 Å². The Morgan fingerprint density at radius 2 is 2.12 bits per heavy atom. The van der Waals surface area contributed by atoms with E-state index in [-0.39, 0.29) is 5.91 Å². The van der Waals surface area contributed by atoms with Crippen molar-refractivity contribution in [1.29, 1.82) is 0 Å². The molecule has 1 amide bonds. The largest absolute Gasteiger partial charge is 0.490 e. The lowest BCUT2D eigenvalue weighted by Crippen LogP contribution is -2.36. The van der Waals surface area contributed by atoms with Crippen LogP contribution in [0.5, 0.6) is 17.2 Å². The molecule has 0 spiro atoms. The standard InChI is InChI=1S/C19H18ClNO4/c1-3-9-24-17-14(20)10-12(11-16(17)23-4-2)19-21-18(22)13-7-5-6-8-15(13)25-19/h3,5-8,10-11,19H,1,4,9H2,2H3,(H,21,22). The summed E-state index contributed by atoms with van der Waals surface area (Å²) in [5.74, 6) is 1.25. The fourth-order valence-electron chi connectivity index (χ4n) is 2.55. The third-order valence-electron chi connectivity index (χ3n) is 3.62. The summed E-state index contributed by atoms with van der Waals surface area (Å²) >= 11 is 6.35. The van der Waals surface area contributed by atoms with Gasteiger partial charge < -0.3 is 19.5 Å². The average Bonchev–Trinajstić information content (AvgIpc) is 2.61. The van der Waals surface area contributed by atoms with Crippen molar-refractivity contribution < 1.29 is 19.0 Å². The molecule has 1 heterocycles. The van der Waals surface area contributed by atoms with Crippen LogP contribution in [0.4, 0.5) is 0 Å². The molecule has 25 heavy (non-hydrogen) atoms. The van der Waals surface area contributed by atoms with Gasteiger partial charge in [0.05, 0.1) is 17.2 Å². The van der Waals surface area contributed by atoms with Gasteiger partial charge in [0, 0.05) is 5.56 Å². The Hall–Kier alpha value is -2.66. The molecular formula is C19H18ClNO4. The van der Waals surface area contributed by atoms with Gasteiger partial charge in [-0.15, -0.1) is 0 Å². The first-order valence-corrected chi connectivity index (χ1v) is 8.28. The molecule has 3 rings (SSSR count). The number of nitrogens with one attached hydrogen (secondary N) is 1. The Kier molecular flexibility index (Phi) is 5.14. The van der Waals surface area contributed by atoms with Gasteiger partial charge in [0.2, 0.25) is 0 Å². The zero-order chi connectivity index (χ0) is 17.8. The molecule has 0 bridgehead atoms. The SMILES string of the molecule is C=CCOc1c(Cl)cc(C2NC(=O)c3ccccc3O2)cc1OCC. The molecule has 1 unspecified atom stereocenters. The second kappa shape index (κ2) is 7.49. The summed E-state index contributed by atoms with van der Waals surface area (Å²) in [5.41, 5.74) is 1.17. The van der Waals surface area contributed by atoms with E-state index < -0.39 is 6.23 Å². The highest BCUT2D eigenvalue weighted by Crippen LogP contribution is 2.39. The van der Waals surface area contributed by atoms with Crippen LogP contribution in [0.1, 0.15) is 29.1 Å². The van der Waals surface area contributed by atoms with Gasteiger partial charge in [-0.25, -0.2) is 0 Å². The van der Waals surface area contributed by atoms with E-state index in [0.717, 1.165) is 0 Å². The first kappa shape index (κ1) is 17.2. The van der Waals surface area contributed by atoms with E-state index in [1.807, 2.05) is 13.0 Å². The maximum atomic E-state index is 12.3. The van der Waals surface area contributed by atoms with Crippen LogP contribution in [0.25, 0.3) is 0 Å². The smallest absolute Gasteiger partial charge is 0.258 e. The number of rotatable bonds is 6. The van der Waals surface area contributed by atoms with E-state index in [4.69, 9.17) is 25.8 Å². The number of benzene rings is 2. The van der Waals surface area contributed by atoms with Gasteiger partial charge in [0.1, 0.15) is 12.4 Å². The van der Waals surface area contributed by atoms with E-state index in [2.05, 4.69) is 11.9 Å². The van der Waals surface area contributed by atoms with Gasteiger partial charge in [-0.05, 0) is 31.2 Å². The van der Waals surface area contributed by atoms with Crippen molar-refractivity contribution in [3.8, 4) is 17.2 Å². The summed E-state index contributed by atoms with van der Waals surface area (Å²) in [6.45, 7) is 6.25. The fourth-order valence-corrected chi connectivity index (χ4v) is 2.82. The zero-order valence-electron chi connectivity index (χ0n) is 13.8. The van der Waals surface area contributed by atoms with Gasteiger partial charge in [-0.2, -0.15) is 0 Å². The number of ether oxygens (including phenoxy) is 3. The molecular weight excluding hydrogens is 342 g/mol. The summed E-state index contributed by atoms with van der Waals surface area (Å²) in [7, 11) is 0. The second-order valence-corrected chi connectivity index (χ2v) is 5.74. The minimum Gasteiger partial charge on any atom is -0.490 e. The van der Waals surface area contributed by atoms with Crippen molar-refractivity contribution in [3.63, 3.8) is 0 Å². The van der Waals surface area contributed by atoms with Crippen molar-refractivity contribution in [2.75, 3.05) is 13.2 Å². The molecule has 1 aliphatic rings. The molecule has 5 nitrogen and oxygen atoms in total. The summed E-state index contributed by atoms with van der Waals surface area (Å²) in [6, 6.07) is 10.5. The van der Waals surface area contributed by atoms with Crippen molar-refractivity contribution in [3.05, 3.63) is 65.2 Å². The molecule has 130 valence electrons. The average molecular weight is 360 g/mol. The molecule has 0 aromatic heterocycles. The highest BCUT2D eigenvalue weighted by molar-refractivity contribution is 6.32. The van der Waals surface area contributed by atoms with Gasteiger partial charge in [-0.1, -0.05) is 36.4 Å². The predicted molar refractivity (Wildman–Crippen MR) is 95.6 cm³/mol. The van der Waals surface area contributed by atoms with Gasteiger partial charge in [0.25, 0.3) is 5.91 Å². The Balaban J connectivity index is 1.95. The molecule has 0 saturated carbocycles. The number of hydrogen-bond acceptors (Lipinski definition) is 4. The van der Waals surface area contributed by atoms with Gasteiger partial charge in [0.15, 0.2) is 17.7 Å². The van der Waals surface area contributed by atoms with E-state index in [1.165, 1.54) is 0 Å². The van der Waals surface area contributed by atoms with Crippen molar-refractivity contribution >= 4 is 17.5 Å². The summed E-state index contributed by atoms with van der Waals surface area (Å²) < 4.78 is 17.1. The lowest BCUT2D eigenvalue weighted by Gasteiger charge is -2.27. The number of halogens is 1. The van der Waals surface area contributed by atoms with Gasteiger partial charge >= 0.3 is 0 Å². The van der Waals surface area contributed by atoms with Crippen LogP contribution in [0.2, 0.25) is 5.02 Å².